The number of hydrogen-bond acceptors (Lipinski definition) is 2. The van der Waals surface area contributed by atoms with Crippen molar-refractivity contribution in [1.29, 1.82) is 0 Å². The van der Waals surface area contributed by atoms with Gasteiger partial charge in [-0.1, -0.05) is 84.9 Å². The molecule has 0 bridgehead atoms. The molecule has 0 N–H and O–H groups in total. The van der Waals surface area contributed by atoms with Crippen LogP contribution in [0.25, 0.3) is 98.9 Å². The molecule has 4 nitrogen and oxygen atoms in total. The number of fused-ring (bicyclic) bond motifs is 14. The Hall–Kier alpha value is -6.26. The minimum absolute atomic E-state index is 0.888. The average Bonchev–Trinajstić information content (AvgIpc) is 3.85. The second kappa shape index (κ2) is 8.68. The van der Waals surface area contributed by atoms with E-state index in [1.54, 1.807) is 0 Å². The van der Waals surface area contributed by atoms with Crippen molar-refractivity contribution in [1.82, 2.24) is 9.13 Å². The first-order valence-electron chi connectivity index (χ1n) is 15.6. The molecule has 0 unspecified atom stereocenters. The Morgan fingerprint density at radius 2 is 0.696 bits per heavy atom. The highest BCUT2D eigenvalue weighted by Crippen LogP contribution is 2.44. The maximum absolute atomic E-state index is 6.42. The van der Waals surface area contributed by atoms with E-state index in [0.717, 1.165) is 77.3 Å². The normalized spacial score (nSPS) is 12.3. The van der Waals surface area contributed by atoms with E-state index in [2.05, 4.69) is 143 Å². The van der Waals surface area contributed by atoms with E-state index < -0.39 is 0 Å². The molecule has 7 aromatic carbocycles. The highest BCUT2D eigenvalue weighted by Gasteiger charge is 2.24. The van der Waals surface area contributed by atoms with Gasteiger partial charge in [0.1, 0.15) is 22.3 Å². The second-order valence-electron chi connectivity index (χ2n) is 12.1. The molecule has 11 aromatic rings. The summed E-state index contributed by atoms with van der Waals surface area (Å²) in [5.41, 5.74) is 10.4. The van der Waals surface area contributed by atoms with E-state index in [4.69, 9.17) is 8.83 Å². The highest BCUT2D eigenvalue weighted by molar-refractivity contribution is 6.26. The molecule has 0 atom stereocenters. The van der Waals surface area contributed by atoms with Crippen LogP contribution in [0.1, 0.15) is 0 Å². The summed E-state index contributed by atoms with van der Waals surface area (Å²) in [6, 6.07) is 51.6. The minimum atomic E-state index is 0.888. The van der Waals surface area contributed by atoms with Gasteiger partial charge in [0, 0.05) is 32.3 Å². The third-order valence-electron chi connectivity index (χ3n) is 9.71. The fourth-order valence-electron chi connectivity index (χ4n) is 7.87. The van der Waals surface area contributed by atoms with Crippen LogP contribution in [0.4, 0.5) is 0 Å². The zero-order valence-electron chi connectivity index (χ0n) is 24.6. The fraction of sp³-hybridized carbons (Fsp3) is 0. The summed E-state index contributed by atoms with van der Waals surface area (Å²) < 4.78 is 17.7. The zero-order chi connectivity index (χ0) is 29.9. The van der Waals surface area contributed by atoms with Crippen LogP contribution >= 0.6 is 0 Å². The molecule has 0 spiro atoms. The van der Waals surface area contributed by atoms with Crippen LogP contribution in [0.2, 0.25) is 0 Å². The molecule has 0 aliphatic heterocycles. The lowest BCUT2D eigenvalue weighted by Crippen LogP contribution is -2.03. The summed E-state index contributed by atoms with van der Waals surface area (Å²) in [6.07, 6.45) is 0. The molecule has 0 radical (unpaired) electrons. The van der Waals surface area contributed by atoms with E-state index in [0.29, 0.717) is 0 Å². The van der Waals surface area contributed by atoms with Gasteiger partial charge >= 0.3 is 0 Å². The van der Waals surface area contributed by atoms with Crippen LogP contribution in [0.15, 0.2) is 154 Å². The molecule has 46 heavy (non-hydrogen) atoms. The molecule has 0 amide bonds. The van der Waals surface area contributed by atoms with Gasteiger partial charge in [-0.15, -0.1) is 0 Å². The smallest absolute Gasteiger partial charge is 0.137 e. The van der Waals surface area contributed by atoms with Gasteiger partial charge in [-0.2, -0.15) is 0 Å². The van der Waals surface area contributed by atoms with Crippen molar-refractivity contribution >= 4 is 87.5 Å². The first kappa shape index (κ1) is 24.1. The number of para-hydroxylation sites is 6. The molecule has 0 saturated carbocycles. The van der Waals surface area contributed by atoms with Crippen LogP contribution < -0.4 is 0 Å². The Balaban J connectivity index is 1.36. The van der Waals surface area contributed by atoms with Crippen molar-refractivity contribution in [3.8, 4) is 11.4 Å². The largest absolute Gasteiger partial charge is 0.456 e. The van der Waals surface area contributed by atoms with Crippen molar-refractivity contribution in [3.05, 3.63) is 146 Å². The molecule has 0 fully saturated rings. The second-order valence-corrected chi connectivity index (χ2v) is 12.1. The van der Waals surface area contributed by atoms with E-state index in [-0.39, 0.29) is 0 Å². The first-order chi connectivity index (χ1) is 22.8. The molecule has 4 heterocycles. The van der Waals surface area contributed by atoms with Gasteiger partial charge in [0.05, 0.1) is 44.2 Å². The predicted molar refractivity (Wildman–Crippen MR) is 190 cm³/mol. The van der Waals surface area contributed by atoms with Crippen LogP contribution in [0.5, 0.6) is 0 Å². The van der Waals surface area contributed by atoms with Crippen LogP contribution in [0.3, 0.4) is 0 Å². The first-order valence-corrected chi connectivity index (χ1v) is 15.6. The minimum Gasteiger partial charge on any atom is -0.456 e. The molecule has 0 saturated heterocycles. The lowest BCUT2D eigenvalue weighted by molar-refractivity contribution is 0.669. The van der Waals surface area contributed by atoms with Gasteiger partial charge in [-0.05, 0) is 60.7 Å². The Morgan fingerprint density at radius 3 is 1.17 bits per heavy atom. The maximum Gasteiger partial charge on any atom is 0.137 e. The summed E-state index contributed by atoms with van der Waals surface area (Å²) in [5, 5.41) is 9.33. The third-order valence-corrected chi connectivity index (χ3v) is 9.71. The van der Waals surface area contributed by atoms with Crippen LogP contribution in [-0.2, 0) is 0 Å². The quantitative estimate of drug-likeness (QED) is 0.201. The summed E-state index contributed by atoms with van der Waals surface area (Å²) >= 11 is 0. The topological polar surface area (TPSA) is 36.1 Å². The summed E-state index contributed by atoms with van der Waals surface area (Å²) in [4.78, 5) is 0. The average molecular weight is 589 g/mol. The number of rotatable bonds is 2. The molecule has 11 rings (SSSR count). The van der Waals surface area contributed by atoms with E-state index in [9.17, 15) is 0 Å². The van der Waals surface area contributed by atoms with Crippen molar-refractivity contribution in [2.45, 2.75) is 0 Å². The zero-order valence-corrected chi connectivity index (χ0v) is 24.6. The fourth-order valence-corrected chi connectivity index (χ4v) is 7.87. The van der Waals surface area contributed by atoms with Gasteiger partial charge in [0.25, 0.3) is 0 Å². The summed E-state index contributed by atoms with van der Waals surface area (Å²) in [7, 11) is 0. The van der Waals surface area contributed by atoms with Crippen molar-refractivity contribution in [2.24, 2.45) is 0 Å². The van der Waals surface area contributed by atoms with Gasteiger partial charge < -0.3 is 18.0 Å². The monoisotopic (exact) mass is 588 g/mol. The molecule has 214 valence electrons. The molecule has 0 aliphatic carbocycles. The summed E-state index contributed by atoms with van der Waals surface area (Å²) in [5.74, 6) is 0. The third kappa shape index (κ3) is 2.98. The highest BCUT2D eigenvalue weighted by atomic mass is 16.3. The Bertz CT molecular complexity index is 2830. The van der Waals surface area contributed by atoms with Crippen LogP contribution in [-0.4, -0.2) is 9.13 Å². The predicted octanol–water partition coefficient (Wildman–Crippen LogP) is 11.7. The van der Waals surface area contributed by atoms with Crippen molar-refractivity contribution < 1.29 is 8.83 Å². The van der Waals surface area contributed by atoms with Crippen molar-refractivity contribution in [2.75, 3.05) is 0 Å². The van der Waals surface area contributed by atoms with E-state index >= 15 is 0 Å². The number of hydrogen-bond donors (Lipinski definition) is 0. The lowest BCUT2D eigenvalue weighted by atomic mass is 10.1. The molecular formula is C42H24N2O2. The van der Waals surface area contributed by atoms with E-state index in [1.165, 1.54) is 21.5 Å². The Morgan fingerprint density at radius 1 is 0.304 bits per heavy atom. The van der Waals surface area contributed by atoms with Crippen LogP contribution in [0, 0.1) is 0 Å². The van der Waals surface area contributed by atoms with Gasteiger partial charge in [0.2, 0.25) is 0 Å². The molecule has 0 aliphatic rings. The van der Waals surface area contributed by atoms with Crippen molar-refractivity contribution in [3.63, 3.8) is 0 Å². The number of furan rings is 2. The molecule has 4 aromatic heterocycles. The Kier molecular flexibility index (Phi) is 4.55. The SMILES string of the molecule is c1ccc(-n2c3ccccc3c3ccc4oc5ccccc5c4c32)c(-n2c3ccccc3c3ccc4oc5ccccc5c4c32)c1. The van der Waals surface area contributed by atoms with Gasteiger partial charge in [0.15, 0.2) is 0 Å². The van der Waals surface area contributed by atoms with Gasteiger partial charge in [-0.3, -0.25) is 0 Å². The van der Waals surface area contributed by atoms with E-state index in [1.807, 2.05) is 12.1 Å². The van der Waals surface area contributed by atoms with Gasteiger partial charge in [-0.25, -0.2) is 0 Å². The number of aromatic nitrogens is 2. The standard InChI is InChI=1S/C42H24N2O2/c1-5-15-31-25(11-1)27-21-23-37-39(29-13-3-9-19-35(29)45-37)41(27)43(31)33-17-7-8-18-34(33)44-32-16-6-2-12-26(32)28-22-24-38-40(42(28)44)30-14-4-10-20-36(30)46-38/h1-24H. The molecular weight excluding hydrogens is 564 g/mol. The molecule has 4 heteroatoms. The number of benzene rings is 7. The lowest BCUT2D eigenvalue weighted by Gasteiger charge is -2.17. The Labute approximate surface area is 261 Å². The maximum atomic E-state index is 6.42. The number of nitrogens with zero attached hydrogens (tertiary/aromatic N) is 2. The summed E-state index contributed by atoms with van der Waals surface area (Å²) in [6.45, 7) is 0.